The summed E-state index contributed by atoms with van der Waals surface area (Å²) in [6.07, 6.45) is 8.25. The van der Waals surface area contributed by atoms with Crippen molar-refractivity contribution in [1.82, 2.24) is 9.97 Å². The Bertz CT molecular complexity index is 444. The molecule has 2 atom stereocenters. The Morgan fingerprint density at radius 3 is 2.79 bits per heavy atom. The summed E-state index contributed by atoms with van der Waals surface area (Å²) in [4.78, 5) is 11.6. The van der Waals surface area contributed by atoms with Crippen molar-refractivity contribution in [2.75, 3.05) is 23.8 Å². The van der Waals surface area contributed by atoms with Crippen LogP contribution in [0.5, 0.6) is 0 Å². The summed E-state index contributed by atoms with van der Waals surface area (Å²) in [6, 6.07) is 2.81. The molecule has 1 N–H and O–H groups in total. The maximum Gasteiger partial charge on any atom is 0.134 e. The van der Waals surface area contributed by atoms with Crippen LogP contribution >= 0.6 is 0 Å². The van der Waals surface area contributed by atoms with Gasteiger partial charge in [0.25, 0.3) is 0 Å². The zero-order valence-corrected chi connectivity index (χ0v) is 12.0. The van der Waals surface area contributed by atoms with Crippen LogP contribution < -0.4 is 10.2 Å². The van der Waals surface area contributed by atoms with Crippen molar-refractivity contribution in [3.05, 3.63) is 11.9 Å². The number of nitrogens with zero attached hydrogens (tertiary/aromatic N) is 3. The average molecular weight is 260 g/mol. The van der Waals surface area contributed by atoms with Crippen LogP contribution in [-0.2, 0) is 0 Å². The number of hydrogen-bond donors (Lipinski definition) is 1. The van der Waals surface area contributed by atoms with Crippen LogP contribution in [0.25, 0.3) is 0 Å². The minimum Gasteiger partial charge on any atom is -0.373 e. The normalized spacial score (nSPS) is 26.9. The lowest BCUT2D eigenvalue weighted by molar-refractivity contribution is 0.242. The Morgan fingerprint density at radius 2 is 1.95 bits per heavy atom. The number of hydrogen-bond acceptors (Lipinski definition) is 4. The van der Waals surface area contributed by atoms with E-state index < -0.39 is 0 Å². The molecule has 1 aliphatic carbocycles. The number of anilines is 2. The first-order valence-electron chi connectivity index (χ1n) is 7.58. The highest BCUT2D eigenvalue weighted by Crippen LogP contribution is 2.37. The van der Waals surface area contributed by atoms with Crippen LogP contribution in [-0.4, -0.2) is 29.6 Å². The standard InChI is InChI=1S/C15H24N4/c1-11-17-14(16-2)10-15(18-11)19-9-5-7-12-6-3-4-8-13(12)19/h10,12-13H,3-9H2,1-2H3,(H,16,17,18)/t12-,13-/m1/s1. The monoisotopic (exact) mass is 260 g/mol. The zero-order chi connectivity index (χ0) is 13.2. The maximum absolute atomic E-state index is 4.67. The molecule has 2 aliphatic rings. The molecule has 2 fully saturated rings. The molecule has 19 heavy (non-hydrogen) atoms. The highest BCUT2D eigenvalue weighted by molar-refractivity contribution is 5.50. The number of rotatable bonds is 2. The Morgan fingerprint density at radius 1 is 1.16 bits per heavy atom. The van der Waals surface area contributed by atoms with Crippen molar-refractivity contribution in [1.29, 1.82) is 0 Å². The van der Waals surface area contributed by atoms with Gasteiger partial charge >= 0.3 is 0 Å². The van der Waals surface area contributed by atoms with E-state index in [-0.39, 0.29) is 0 Å². The number of aryl methyl sites for hydroxylation is 1. The predicted octanol–water partition coefficient (Wildman–Crippen LogP) is 2.99. The molecule has 4 heteroatoms. The van der Waals surface area contributed by atoms with Gasteiger partial charge in [-0.1, -0.05) is 12.8 Å². The fourth-order valence-corrected chi connectivity index (χ4v) is 3.74. The van der Waals surface area contributed by atoms with Gasteiger partial charge in [-0.15, -0.1) is 0 Å². The SMILES string of the molecule is CNc1cc(N2CCC[C@H]3CCCC[C@H]32)nc(C)n1. The van der Waals surface area contributed by atoms with Crippen molar-refractivity contribution < 1.29 is 0 Å². The molecule has 1 aromatic rings. The molecule has 3 rings (SSSR count). The Kier molecular flexibility index (Phi) is 3.58. The second-order valence-corrected chi connectivity index (χ2v) is 5.86. The molecule has 1 aliphatic heterocycles. The molecule has 4 nitrogen and oxygen atoms in total. The van der Waals surface area contributed by atoms with Gasteiger partial charge in [0.2, 0.25) is 0 Å². The van der Waals surface area contributed by atoms with Gasteiger partial charge < -0.3 is 10.2 Å². The number of nitrogens with one attached hydrogen (secondary N) is 1. The third kappa shape index (κ3) is 2.53. The summed E-state index contributed by atoms with van der Waals surface area (Å²) in [5.41, 5.74) is 0. The van der Waals surface area contributed by atoms with Gasteiger partial charge in [-0.25, -0.2) is 9.97 Å². The second kappa shape index (κ2) is 5.35. The van der Waals surface area contributed by atoms with E-state index in [0.29, 0.717) is 6.04 Å². The zero-order valence-electron chi connectivity index (χ0n) is 12.0. The third-order valence-electron chi connectivity index (χ3n) is 4.62. The van der Waals surface area contributed by atoms with E-state index in [9.17, 15) is 0 Å². The predicted molar refractivity (Wildman–Crippen MR) is 78.6 cm³/mol. The fourth-order valence-electron chi connectivity index (χ4n) is 3.74. The third-order valence-corrected chi connectivity index (χ3v) is 4.62. The van der Waals surface area contributed by atoms with E-state index >= 15 is 0 Å². The molecule has 1 aromatic heterocycles. The smallest absolute Gasteiger partial charge is 0.134 e. The van der Waals surface area contributed by atoms with Crippen LogP contribution in [0.1, 0.15) is 44.3 Å². The van der Waals surface area contributed by atoms with Gasteiger partial charge in [-0.3, -0.25) is 0 Å². The van der Waals surface area contributed by atoms with Crippen LogP contribution in [0.3, 0.4) is 0 Å². The molecule has 0 unspecified atom stereocenters. The molecule has 0 bridgehead atoms. The quantitative estimate of drug-likeness (QED) is 0.887. The van der Waals surface area contributed by atoms with Gasteiger partial charge in [0, 0.05) is 25.7 Å². The number of fused-ring (bicyclic) bond motifs is 1. The minimum atomic E-state index is 0.710. The summed E-state index contributed by atoms with van der Waals surface area (Å²) < 4.78 is 0. The van der Waals surface area contributed by atoms with Crippen molar-refractivity contribution in [2.24, 2.45) is 5.92 Å². The van der Waals surface area contributed by atoms with Crippen LogP contribution in [0.4, 0.5) is 11.6 Å². The summed E-state index contributed by atoms with van der Waals surface area (Å²) in [7, 11) is 1.92. The van der Waals surface area contributed by atoms with Crippen molar-refractivity contribution in [2.45, 2.75) is 51.5 Å². The topological polar surface area (TPSA) is 41.0 Å². The molecule has 0 amide bonds. The van der Waals surface area contributed by atoms with E-state index in [1.807, 2.05) is 14.0 Å². The van der Waals surface area contributed by atoms with Crippen LogP contribution in [0.15, 0.2) is 6.07 Å². The largest absolute Gasteiger partial charge is 0.373 e. The average Bonchev–Trinajstić information content (AvgIpc) is 2.46. The van der Waals surface area contributed by atoms with Gasteiger partial charge in [-0.2, -0.15) is 0 Å². The first-order valence-corrected chi connectivity index (χ1v) is 7.58. The van der Waals surface area contributed by atoms with Crippen LogP contribution in [0, 0.1) is 12.8 Å². The molecule has 1 saturated carbocycles. The molecule has 104 valence electrons. The lowest BCUT2D eigenvalue weighted by atomic mass is 9.78. The minimum absolute atomic E-state index is 0.710. The maximum atomic E-state index is 4.67. The van der Waals surface area contributed by atoms with Crippen molar-refractivity contribution in [3.63, 3.8) is 0 Å². The highest BCUT2D eigenvalue weighted by Gasteiger charge is 2.34. The van der Waals surface area contributed by atoms with E-state index in [4.69, 9.17) is 0 Å². The van der Waals surface area contributed by atoms with Crippen molar-refractivity contribution in [3.8, 4) is 0 Å². The second-order valence-electron chi connectivity index (χ2n) is 5.86. The first kappa shape index (κ1) is 12.7. The van der Waals surface area contributed by atoms with E-state index in [1.165, 1.54) is 38.5 Å². The summed E-state index contributed by atoms with van der Waals surface area (Å²) in [5, 5.41) is 3.14. The van der Waals surface area contributed by atoms with Gasteiger partial charge in [0.05, 0.1) is 0 Å². The molecule has 0 aromatic carbocycles. The Hall–Kier alpha value is -1.32. The number of piperidine rings is 1. The summed E-state index contributed by atoms with van der Waals surface area (Å²) in [5.74, 6) is 3.80. The molecular weight excluding hydrogens is 236 g/mol. The lowest BCUT2D eigenvalue weighted by Gasteiger charge is -2.44. The summed E-state index contributed by atoms with van der Waals surface area (Å²) in [6.45, 7) is 3.13. The highest BCUT2D eigenvalue weighted by atomic mass is 15.2. The fraction of sp³-hybridized carbons (Fsp3) is 0.733. The van der Waals surface area contributed by atoms with Gasteiger partial charge in [-0.05, 0) is 38.5 Å². The first-order chi connectivity index (χ1) is 9.28. The van der Waals surface area contributed by atoms with Crippen LogP contribution in [0.2, 0.25) is 0 Å². The number of aromatic nitrogens is 2. The van der Waals surface area contributed by atoms with Crippen molar-refractivity contribution >= 4 is 11.6 Å². The molecule has 2 heterocycles. The van der Waals surface area contributed by atoms with E-state index in [0.717, 1.165) is 29.9 Å². The lowest BCUT2D eigenvalue weighted by Crippen LogP contribution is -2.47. The molecule has 0 radical (unpaired) electrons. The van der Waals surface area contributed by atoms with E-state index in [2.05, 4.69) is 26.3 Å². The summed E-state index contributed by atoms with van der Waals surface area (Å²) >= 11 is 0. The van der Waals surface area contributed by atoms with Gasteiger partial charge in [0.15, 0.2) is 0 Å². The Labute approximate surface area is 115 Å². The van der Waals surface area contributed by atoms with Gasteiger partial charge in [0.1, 0.15) is 17.5 Å². The van der Waals surface area contributed by atoms with E-state index in [1.54, 1.807) is 0 Å². The molecular formula is C15H24N4. The Balaban J connectivity index is 1.89. The molecule has 1 saturated heterocycles. The molecule has 0 spiro atoms.